The van der Waals surface area contributed by atoms with E-state index in [9.17, 15) is 9.59 Å². The number of rotatable bonds is 5. The fourth-order valence-corrected chi connectivity index (χ4v) is 5.50. The van der Waals surface area contributed by atoms with E-state index in [2.05, 4.69) is 27.2 Å². The molecule has 2 aromatic heterocycles. The van der Waals surface area contributed by atoms with Crippen LogP contribution >= 0.6 is 0 Å². The number of pyridine rings is 1. The van der Waals surface area contributed by atoms with Crippen molar-refractivity contribution >= 4 is 28.5 Å². The molecule has 9 nitrogen and oxygen atoms in total. The van der Waals surface area contributed by atoms with Crippen molar-refractivity contribution in [2.75, 3.05) is 62.3 Å². The first kappa shape index (κ1) is 22.3. The van der Waals surface area contributed by atoms with Gasteiger partial charge in [-0.25, -0.2) is 9.78 Å². The van der Waals surface area contributed by atoms with Crippen molar-refractivity contribution in [1.29, 1.82) is 0 Å². The smallest absolute Gasteiger partial charge is 0.331 e. The Morgan fingerprint density at radius 1 is 0.914 bits per heavy atom. The van der Waals surface area contributed by atoms with Crippen molar-refractivity contribution in [2.24, 2.45) is 0 Å². The maximum atomic E-state index is 13.5. The molecule has 0 spiro atoms. The molecule has 0 unspecified atom stereocenters. The molecule has 0 bridgehead atoms. The van der Waals surface area contributed by atoms with Crippen LogP contribution in [-0.2, 0) is 4.74 Å². The van der Waals surface area contributed by atoms with Gasteiger partial charge in [0.1, 0.15) is 5.82 Å². The number of ether oxygens (including phenoxy) is 1. The summed E-state index contributed by atoms with van der Waals surface area (Å²) in [6.45, 7) is 8.06. The number of Topliss-reactive ketones (excluding diaryl/α,β-unsaturated/α-hetero) is 1. The quantitative estimate of drug-likeness (QED) is 0.566. The predicted molar refractivity (Wildman–Crippen MR) is 136 cm³/mol. The van der Waals surface area contributed by atoms with Crippen LogP contribution in [0.2, 0.25) is 0 Å². The molecule has 0 amide bonds. The maximum absolute atomic E-state index is 13.5. The van der Waals surface area contributed by atoms with Crippen LogP contribution in [0.5, 0.6) is 0 Å². The molecule has 3 fully saturated rings. The summed E-state index contributed by atoms with van der Waals surface area (Å²) >= 11 is 0. The average molecular weight is 477 g/mol. The number of ketones is 1. The van der Waals surface area contributed by atoms with Gasteiger partial charge < -0.3 is 19.9 Å². The Morgan fingerprint density at radius 2 is 1.60 bits per heavy atom. The molecule has 0 aliphatic carbocycles. The van der Waals surface area contributed by atoms with Crippen molar-refractivity contribution in [2.45, 2.75) is 31.8 Å². The lowest BCUT2D eigenvalue weighted by atomic mass is 10.1. The highest BCUT2D eigenvalue weighted by Crippen LogP contribution is 2.29. The van der Waals surface area contributed by atoms with E-state index in [4.69, 9.17) is 9.72 Å². The van der Waals surface area contributed by atoms with Crippen molar-refractivity contribution in [3.05, 3.63) is 52.4 Å². The maximum Gasteiger partial charge on any atom is 0.331 e. The van der Waals surface area contributed by atoms with Crippen LogP contribution in [0.3, 0.4) is 0 Å². The van der Waals surface area contributed by atoms with E-state index >= 15 is 0 Å². The SMILES string of the molecule is CC(=O)c1ccc(N2CCN(c3ccc4c(n3)n(C3CCNCC3)c(=O)n4C3COC3)CC2)cc1. The van der Waals surface area contributed by atoms with Crippen LogP contribution < -0.4 is 20.8 Å². The standard InChI is InChI=1S/C26H32N6O3/c1-18(33)19-2-4-20(5-3-19)29-12-14-30(15-13-29)24-7-6-23-25(28-24)32(21-8-10-27-11-9-21)26(34)31(23)22-16-35-17-22/h2-7,21-22,27H,8-17H2,1H3. The van der Waals surface area contributed by atoms with Crippen LogP contribution in [0.1, 0.15) is 42.2 Å². The Bertz CT molecular complexity index is 1280. The zero-order chi connectivity index (χ0) is 23.9. The van der Waals surface area contributed by atoms with Crippen LogP contribution in [0.25, 0.3) is 11.2 Å². The summed E-state index contributed by atoms with van der Waals surface area (Å²) in [4.78, 5) is 34.8. The second-order valence-electron chi connectivity index (χ2n) is 9.78. The summed E-state index contributed by atoms with van der Waals surface area (Å²) in [5.41, 5.74) is 3.63. The van der Waals surface area contributed by atoms with E-state index in [0.29, 0.717) is 13.2 Å². The average Bonchev–Trinajstić information content (AvgIpc) is 3.14. The third kappa shape index (κ3) is 4.02. The molecule has 184 valence electrons. The van der Waals surface area contributed by atoms with Crippen LogP contribution in [0.15, 0.2) is 41.2 Å². The summed E-state index contributed by atoms with van der Waals surface area (Å²) in [5.74, 6) is 1.01. The molecule has 5 heterocycles. The molecule has 0 radical (unpaired) electrons. The number of imidazole rings is 1. The first-order chi connectivity index (χ1) is 17.1. The topological polar surface area (TPSA) is 84.6 Å². The normalized spacial score (nSPS) is 19.8. The number of carbonyl (C=O) groups is 1. The van der Waals surface area contributed by atoms with E-state index in [-0.39, 0.29) is 23.6 Å². The van der Waals surface area contributed by atoms with Gasteiger partial charge in [0.2, 0.25) is 0 Å². The summed E-state index contributed by atoms with van der Waals surface area (Å²) in [6.07, 6.45) is 1.88. The Morgan fingerprint density at radius 3 is 2.23 bits per heavy atom. The van der Waals surface area contributed by atoms with Gasteiger partial charge in [0.05, 0.1) is 24.8 Å². The van der Waals surface area contributed by atoms with Gasteiger partial charge in [0, 0.05) is 43.5 Å². The molecule has 1 N–H and O–H groups in total. The van der Waals surface area contributed by atoms with E-state index in [1.165, 1.54) is 0 Å². The van der Waals surface area contributed by atoms with Gasteiger partial charge in [0.25, 0.3) is 0 Å². The highest BCUT2D eigenvalue weighted by molar-refractivity contribution is 5.94. The Balaban J connectivity index is 1.26. The molecule has 6 rings (SSSR count). The molecule has 0 saturated carbocycles. The molecule has 1 aromatic carbocycles. The van der Waals surface area contributed by atoms with Gasteiger partial charge in [-0.1, -0.05) is 0 Å². The number of piperazine rings is 1. The van der Waals surface area contributed by atoms with Gasteiger partial charge >= 0.3 is 5.69 Å². The number of anilines is 2. The summed E-state index contributed by atoms with van der Waals surface area (Å²) in [5, 5.41) is 3.40. The van der Waals surface area contributed by atoms with Gasteiger partial charge in [-0.2, -0.15) is 0 Å². The molecule has 3 saturated heterocycles. The molecular weight excluding hydrogens is 444 g/mol. The zero-order valence-corrected chi connectivity index (χ0v) is 20.2. The highest BCUT2D eigenvalue weighted by Gasteiger charge is 2.30. The molecule has 9 heteroatoms. The lowest BCUT2D eigenvalue weighted by Gasteiger charge is -2.36. The van der Waals surface area contributed by atoms with Crippen molar-refractivity contribution in [1.82, 2.24) is 19.4 Å². The van der Waals surface area contributed by atoms with E-state index in [1.54, 1.807) is 6.92 Å². The summed E-state index contributed by atoms with van der Waals surface area (Å²) in [7, 11) is 0. The lowest BCUT2D eigenvalue weighted by molar-refractivity contribution is -0.0233. The van der Waals surface area contributed by atoms with Crippen molar-refractivity contribution in [3.63, 3.8) is 0 Å². The second kappa shape index (κ2) is 9.13. The van der Waals surface area contributed by atoms with Crippen LogP contribution in [-0.4, -0.2) is 72.4 Å². The minimum atomic E-state index is 0.0451. The number of nitrogens with zero attached hydrogens (tertiary/aromatic N) is 5. The number of piperidine rings is 1. The molecular formula is C26H32N6O3. The first-order valence-electron chi connectivity index (χ1n) is 12.6. The monoisotopic (exact) mass is 476 g/mol. The minimum absolute atomic E-state index is 0.0451. The predicted octanol–water partition coefficient (Wildman–Crippen LogP) is 2.22. The third-order valence-corrected chi connectivity index (χ3v) is 7.64. The van der Waals surface area contributed by atoms with Crippen molar-refractivity contribution in [3.8, 4) is 0 Å². The Labute approximate surface area is 204 Å². The van der Waals surface area contributed by atoms with Gasteiger partial charge in [-0.05, 0) is 69.3 Å². The number of hydrogen-bond donors (Lipinski definition) is 1. The van der Waals surface area contributed by atoms with E-state index < -0.39 is 0 Å². The van der Waals surface area contributed by atoms with Crippen molar-refractivity contribution < 1.29 is 9.53 Å². The fraction of sp³-hybridized carbons (Fsp3) is 0.500. The second-order valence-corrected chi connectivity index (χ2v) is 9.78. The largest absolute Gasteiger partial charge is 0.377 e. The Kier molecular flexibility index (Phi) is 5.82. The number of aromatic nitrogens is 3. The number of hydrogen-bond acceptors (Lipinski definition) is 7. The number of fused-ring (bicyclic) bond motifs is 1. The van der Waals surface area contributed by atoms with Gasteiger partial charge in [-0.15, -0.1) is 0 Å². The van der Waals surface area contributed by atoms with Gasteiger partial charge in [-0.3, -0.25) is 13.9 Å². The Hall–Kier alpha value is -3.17. The highest BCUT2D eigenvalue weighted by atomic mass is 16.5. The fourth-order valence-electron chi connectivity index (χ4n) is 5.50. The third-order valence-electron chi connectivity index (χ3n) is 7.64. The summed E-state index contributed by atoms with van der Waals surface area (Å²) in [6, 6.07) is 12.3. The molecule has 3 aromatic rings. The van der Waals surface area contributed by atoms with E-state index in [0.717, 1.165) is 80.3 Å². The summed E-state index contributed by atoms with van der Waals surface area (Å²) < 4.78 is 9.25. The number of carbonyl (C=O) groups excluding carboxylic acids is 1. The van der Waals surface area contributed by atoms with Gasteiger partial charge in [0.15, 0.2) is 11.4 Å². The van der Waals surface area contributed by atoms with E-state index in [1.807, 2.05) is 33.4 Å². The molecule has 0 atom stereocenters. The molecule has 3 aliphatic heterocycles. The number of nitrogens with one attached hydrogen (secondary N) is 1. The zero-order valence-electron chi connectivity index (χ0n) is 20.2. The van der Waals surface area contributed by atoms with Crippen LogP contribution in [0.4, 0.5) is 11.5 Å². The van der Waals surface area contributed by atoms with Crippen LogP contribution in [0, 0.1) is 0 Å². The molecule has 3 aliphatic rings. The first-order valence-corrected chi connectivity index (χ1v) is 12.6. The lowest BCUT2D eigenvalue weighted by Crippen LogP contribution is -2.46. The molecule has 35 heavy (non-hydrogen) atoms. The number of benzene rings is 1. The minimum Gasteiger partial charge on any atom is -0.377 e.